The van der Waals surface area contributed by atoms with Gasteiger partial charge in [0.05, 0.1) is 6.54 Å². The Morgan fingerprint density at radius 2 is 1.82 bits per heavy atom. The van der Waals surface area contributed by atoms with E-state index >= 15 is 0 Å². The third-order valence-corrected chi connectivity index (χ3v) is 4.01. The highest BCUT2D eigenvalue weighted by Crippen LogP contribution is 2.28. The average Bonchev–Trinajstić information content (AvgIpc) is 2.50. The quantitative estimate of drug-likeness (QED) is 0.434. The van der Waals surface area contributed by atoms with Crippen LogP contribution in [-0.4, -0.2) is 11.4 Å². The van der Waals surface area contributed by atoms with Crippen molar-refractivity contribution in [3.63, 3.8) is 0 Å². The molecule has 0 aromatic heterocycles. The lowest BCUT2D eigenvalue weighted by Gasteiger charge is -2.25. The van der Waals surface area contributed by atoms with Gasteiger partial charge in [-0.1, -0.05) is 65.3 Å². The van der Waals surface area contributed by atoms with Crippen LogP contribution in [0, 0.1) is 11.5 Å². The van der Waals surface area contributed by atoms with Gasteiger partial charge in [0.25, 0.3) is 0 Å². The van der Waals surface area contributed by atoms with Crippen LogP contribution in [0.3, 0.4) is 0 Å². The summed E-state index contributed by atoms with van der Waals surface area (Å²) in [7, 11) is 0. The summed E-state index contributed by atoms with van der Waals surface area (Å²) in [6, 6.07) is 15.2. The second-order valence-corrected chi connectivity index (χ2v) is 6.04. The van der Waals surface area contributed by atoms with Crippen molar-refractivity contribution in [2.45, 2.75) is 6.54 Å². The average molecular weight is 350 g/mol. The Hall–Kier alpha value is -1.67. The molecule has 0 fully saturated rings. The van der Waals surface area contributed by atoms with E-state index in [0.29, 0.717) is 21.8 Å². The van der Waals surface area contributed by atoms with Gasteiger partial charge in [-0.3, -0.25) is 0 Å². The molecule has 0 aliphatic rings. The predicted octanol–water partition coefficient (Wildman–Crippen LogP) is 5.20. The van der Waals surface area contributed by atoms with Crippen LogP contribution in [-0.2, 0) is 6.54 Å². The number of hydrogen-bond donors (Lipinski definition) is 0. The first-order valence-corrected chi connectivity index (χ1v) is 8.40. The summed E-state index contributed by atoms with van der Waals surface area (Å²) in [6.45, 7) is 0.568. The number of rotatable bonds is 3. The SMILES string of the molecule is CSC(=NC#N)N(Cc1ccccc1)c1cc(Cl)cc(Cl)c1. The van der Waals surface area contributed by atoms with Crippen molar-refractivity contribution in [2.75, 3.05) is 11.2 Å². The van der Waals surface area contributed by atoms with Gasteiger partial charge in [-0.15, -0.1) is 4.99 Å². The minimum atomic E-state index is 0.540. The van der Waals surface area contributed by atoms with Crippen LogP contribution in [0.4, 0.5) is 5.69 Å². The summed E-state index contributed by atoms with van der Waals surface area (Å²) in [5.74, 6) is 0. The molecule has 3 nitrogen and oxygen atoms in total. The monoisotopic (exact) mass is 349 g/mol. The third-order valence-electron chi connectivity index (χ3n) is 2.90. The van der Waals surface area contributed by atoms with E-state index in [1.165, 1.54) is 11.8 Å². The second-order valence-electron chi connectivity index (χ2n) is 4.40. The van der Waals surface area contributed by atoms with Gasteiger partial charge >= 0.3 is 0 Å². The molecule has 0 heterocycles. The molecule has 0 aliphatic carbocycles. The van der Waals surface area contributed by atoms with Crippen molar-refractivity contribution >= 4 is 45.8 Å². The molecule has 6 heteroatoms. The first-order valence-electron chi connectivity index (χ1n) is 6.42. The fourth-order valence-electron chi connectivity index (χ4n) is 1.99. The van der Waals surface area contributed by atoms with Crippen molar-refractivity contribution < 1.29 is 0 Å². The molecule has 0 radical (unpaired) electrons. The number of anilines is 1. The van der Waals surface area contributed by atoms with Gasteiger partial charge in [-0.05, 0) is 30.0 Å². The van der Waals surface area contributed by atoms with Gasteiger partial charge in [0.15, 0.2) is 5.17 Å². The molecule has 0 saturated carbocycles. The third kappa shape index (κ3) is 4.41. The van der Waals surface area contributed by atoms with Crippen LogP contribution in [0.2, 0.25) is 10.0 Å². The summed E-state index contributed by atoms with van der Waals surface area (Å²) >= 11 is 13.6. The molecule has 0 bridgehead atoms. The lowest BCUT2D eigenvalue weighted by molar-refractivity contribution is 1.01. The molecule has 0 atom stereocenters. The van der Waals surface area contributed by atoms with E-state index in [-0.39, 0.29) is 0 Å². The van der Waals surface area contributed by atoms with Crippen molar-refractivity contribution in [1.29, 1.82) is 5.26 Å². The zero-order valence-electron chi connectivity index (χ0n) is 11.8. The molecule has 0 N–H and O–H groups in total. The molecule has 0 unspecified atom stereocenters. The van der Waals surface area contributed by atoms with Crippen molar-refractivity contribution in [3.8, 4) is 6.19 Å². The van der Waals surface area contributed by atoms with Crippen molar-refractivity contribution in [1.82, 2.24) is 0 Å². The standard InChI is InChI=1S/C16H13Cl2N3S/c1-22-16(20-11-19)21(10-12-5-3-2-4-6-12)15-8-13(17)7-14(18)9-15/h2-9H,10H2,1H3. The highest BCUT2D eigenvalue weighted by Gasteiger charge is 2.15. The van der Waals surface area contributed by atoms with Crippen LogP contribution in [0.25, 0.3) is 0 Å². The van der Waals surface area contributed by atoms with Gasteiger partial charge in [-0.2, -0.15) is 5.26 Å². The number of nitriles is 1. The van der Waals surface area contributed by atoms with E-state index in [2.05, 4.69) is 4.99 Å². The molecular formula is C16H13Cl2N3S. The Labute approximate surface area is 144 Å². The lowest BCUT2D eigenvalue weighted by atomic mass is 10.2. The van der Waals surface area contributed by atoms with Crippen molar-refractivity contribution in [3.05, 3.63) is 64.1 Å². The largest absolute Gasteiger partial charge is 0.316 e. The summed E-state index contributed by atoms with van der Waals surface area (Å²) in [4.78, 5) is 5.82. The minimum absolute atomic E-state index is 0.540. The van der Waals surface area contributed by atoms with E-state index in [4.69, 9.17) is 28.5 Å². The van der Waals surface area contributed by atoms with E-state index in [1.54, 1.807) is 18.2 Å². The molecule has 22 heavy (non-hydrogen) atoms. The number of halogens is 2. The normalized spacial score (nSPS) is 11.1. The van der Waals surface area contributed by atoms with Gasteiger partial charge in [0, 0.05) is 15.7 Å². The van der Waals surface area contributed by atoms with Crippen LogP contribution in [0.5, 0.6) is 0 Å². The molecule has 2 aromatic carbocycles. The zero-order chi connectivity index (χ0) is 15.9. The molecule has 0 saturated heterocycles. The molecule has 0 aliphatic heterocycles. The topological polar surface area (TPSA) is 39.4 Å². The minimum Gasteiger partial charge on any atom is -0.316 e. The van der Waals surface area contributed by atoms with Crippen LogP contribution < -0.4 is 4.90 Å². The van der Waals surface area contributed by atoms with Crippen LogP contribution in [0.1, 0.15) is 5.56 Å². The highest BCUT2D eigenvalue weighted by molar-refractivity contribution is 8.13. The molecule has 0 spiro atoms. The molecule has 0 amide bonds. The number of thioether (sulfide) groups is 1. The Bertz CT molecular complexity index is 691. The van der Waals surface area contributed by atoms with E-state index < -0.39 is 0 Å². The summed E-state index contributed by atoms with van der Waals surface area (Å²) < 4.78 is 0. The van der Waals surface area contributed by atoms with Gasteiger partial charge < -0.3 is 4.90 Å². The fourth-order valence-corrected chi connectivity index (χ4v) is 3.03. The number of nitrogens with zero attached hydrogens (tertiary/aromatic N) is 3. The smallest absolute Gasteiger partial charge is 0.208 e. The number of aliphatic imine (C=N–C) groups is 1. The molecular weight excluding hydrogens is 337 g/mol. The summed E-state index contributed by atoms with van der Waals surface area (Å²) in [5.41, 5.74) is 1.89. The van der Waals surface area contributed by atoms with Crippen molar-refractivity contribution in [2.24, 2.45) is 4.99 Å². The first-order chi connectivity index (χ1) is 10.6. The predicted molar refractivity (Wildman–Crippen MR) is 95.7 cm³/mol. The van der Waals surface area contributed by atoms with Crippen LogP contribution >= 0.6 is 35.0 Å². The number of hydrogen-bond acceptors (Lipinski definition) is 3. The number of amidine groups is 1. The van der Waals surface area contributed by atoms with E-state index in [9.17, 15) is 0 Å². The lowest BCUT2D eigenvalue weighted by Crippen LogP contribution is -2.28. The zero-order valence-corrected chi connectivity index (χ0v) is 14.2. The Morgan fingerprint density at radius 3 is 2.36 bits per heavy atom. The maximum Gasteiger partial charge on any atom is 0.208 e. The highest BCUT2D eigenvalue weighted by atomic mass is 35.5. The second kappa shape index (κ2) is 8.09. The Kier molecular flexibility index (Phi) is 6.14. The Morgan fingerprint density at radius 1 is 1.18 bits per heavy atom. The Balaban J connectivity index is 2.45. The maximum absolute atomic E-state index is 8.91. The van der Waals surface area contributed by atoms with E-state index in [1.807, 2.05) is 47.7 Å². The molecule has 2 aromatic rings. The first kappa shape index (κ1) is 16.7. The summed E-state index contributed by atoms with van der Waals surface area (Å²) in [6.07, 6.45) is 3.72. The van der Waals surface area contributed by atoms with Gasteiger partial charge in [0.2, 0.25) is 6.19 Å². The fraction of sp³-hybridized carbons (Fsp3) is 0.125. The molecule has 112 valence electrons. The van der Waals surface area contributed by atoms with E-state index in [0.717, 1.165) is 11.3 Å². The summed E-state index contributed by atoms with van der Waals surface area (Å²) in [5, 5.41) is 10.6. The number of benzene rings is 2. The van der Waals surface area contributed by atoms with Crippen LogP contribution in [0.15, 0.2) is 53.5 Å². The molecule has 2 rings (SSSR count). The maximum atomic E-state index is 8.91. The van der Waals surface area contributed by atoms with Gasteiger partial charge in [-0.25, -0.2) is 0 Å². The van der Waals surface area contributed by atoms with Gasteiger partial charge in [0.1, 0.15) is 0 Å².